The van der Waals surface area contributed by atoms with Crippen LogP contribution in [0.15, 0.2) is 0 Å². The summed E-state index contributed by atoms with van der Waals surface area (Å²) in [7, 11) is 0. The summed E-state index contributed by atoms with van der Waals surface area (Å²) in [5.41, 5.74) is 0. The minimum Gasteiger partial charge on any atom is -0.481 e. The van der Waals surface area contributed by atoms with Gasteiger partial charge in [-0.25, -0.2) is 0 Å². The smallest absolute Gasteiger partial charge is 0.306 e. The van der Waals surface area contributed by atoms with E-state index in [1.807, 2.05) is 13.8 Å². The van der Waals surface area contributed by atoms with E-state index >= 15 is 0 Å². The molecule has 94 valence electrons. The van der Waals surface area contributed by atoms with E-state index in [1.165, 1.54) is 0 Å². The topological polar surface area (TPSA) is 74.6 Å². The third-order valence-electron chi connectivity index (χ3n) is 2.91. The Morgan fingerprint density at radius 2 is 1.81 bits per heavy atom. The number of hydrogen-bond donors (Lipinski definition) is 2. The van der Waals surface area contributed by atoms with Crippen LogP contribution in [0.2, 0.25) is 0 Å². The molecule has 0 spiro atoms. The van der Waals surface area contributed by atoms with E-state index in [2.05, 4.69) is 0 Å². The molecule has 0 aromatic heterocycles. The quantitative estimate of drug-likeness (QED) is 0.638. The average molecular weight is 230 g/mol. The van der Waals surface area contributed by atoms with E-state index in [1.54, 1.807) is 0 Å². The maximum atomic E-state index is 11.0. The summed E-state index contributed by atoms with van der Waals surface area (Å²) in [4.78, 5) is 21.6. The molecule has 0 aliphatic carbocycles. The highest BCUT2D eigenvalue weighted by Crippen LogP contribution is 2.23. The van der Waals surface area contributed by atoms with Gasteiger partial charge in [0.15, 0.2) is 0 Å². The molecule has 2 atom stereocenters. The zero-order valence-electron chi connectivity index (χ0n) is 10.1. The van der Waals surface area contributed by atoms with Gasteiger partial charge in [0.2, 0.25) is 0 Å². The summed E-state index contributed by atoms with van der Waals surface area (Å²) >= 11 is 0. The monoisotopic (exact) mass is 230 g/mol. The molecule has 0 aliphatic rings. The molecular weight excluding hydrogens is 208 g/mol. The Kier molecular flexibility index (Phi) is 7.60. The first-order valence-corrected chi connectivity index (χ1v) is 5.95. The van der Waals surface area contributed by atoms with Crippen LogP contribution < -0.4 is 0 Å². The number of carboxylic acids is 2. The fourth-order valence-electron chi connectivity index (χ4n) is 1.84. The minimum atomic E-state index is -0.841. The molecule has 2 unspecified atom stereocenters. The lowest BCUT2D eigenvalue weighted by Gasteiger charge is -2.18. The molecule has 0 aromatic carbocycles. The molecule has 0 fully saturated rings. The van der Waals surface area contributed by atoms with Gasteiger partial charge in [-0.2, -0.15) is 0 Å². The summed E-state index contributed by atoms with van der Waals surface area (Å²) in [5, 5.41) is 17.7. The van der Waals surface area contributed by atoms with Gasteiger partial charge in [0, 0.05) is 6.42 Å². The van der Waals surface area contributed by atoms with Crippen molar-refractivity contribution in [3.63, 3.8) is 0 Å². The lowest BCUT2D eigenvalue weighted by Crippen LogP contribution is -2.19. The maximum Gasteiger partial charge on any atom is 0.306 e. The number of unbranched alkanes of at least 4 members (excludes halogenated alkanes) is 1. The normalized spacial score (nSPS) is 14.4. The molecule has 0 aromatic rings. The number of hydrogen-bond acceptors (Lipinski definition) is 2. The highest BCUT2D eigenvalue weighted by Gasteiger charge is 2.22. The van der Waals surface area contributed by atoms with E-state index in [0.29, 0.717) is 12.8 Å². The Bertz CT molecular complexity index is 225. The van der Waals surface area contributed by atoms with Gasteiger partial charge in [-0.3, -0.25) is 9.59 Å². The van der Waals surface area contributed by atoms with Crippen molar-refractivity contribution in [2.45, 2.75) is 52.4 Å². The largest absolute Gasteiger partial charge is 0.481 e. The van der Waals surface area contributed by atoms with Crippen molar-refractivity contribution >= 4 is 11.9 Å². The van der Waals surface area contributed by atoms with Crippen LogP contribution in [-0.4, -0.2) is 22.2 Å². The molecule has 0 aliphatic heterocycles. The molecule has 0 bridgehead atoms. The Hall–Kier alpha value is -1.06. The fourth-order valence-corrected chi connectivity index (χ4v) is 1.84. The van der Waals surface area contributed by atoms with Crippen molar-refractivity contribution in [3.05, 3.63) is 0 Å². The molecule has 4 heteroatoms. The van der Waals surface area contributed by atoms with E-state index < -0.39 is 11.9 Å². The minimum absolute atomic E-state index is 0.0181. The first-order valence-electron chi connectivity index (χ1n) is 5.95. The van der Waals surface area contributed by atoms with Gasteiger partial charge in [0.25, 0.3) is 0 Å². The van der Waals surface area contributed by atoms with E-state index in [0.717, 1.165) is 19.3 Å². The van der Waals surface area contributed by atoms with E-state index in [9.17, 15) is 9.59 Å². The van der Waals surface area contributed by atoms with Gasteiger partial charge in [-0.1, -0.05) is 33.1 Å². The van der Waals surface area contributed by atoms with E-state index in [4.69, 9.17) is 10.2 Å². The maximum absolute atomic E-state index is 11.0. The number of aliphatic carboxylic acids is 2. The zero-order valence-corrected chi connectivity index (χ0v) is 10.1. The van der Waals surface area contributed by atoms with Crippen LogP contribution in [0.1, 0.15) is 52.4 Å². The summed E-state index contributed by atoms with van der Waals surface area (Å²) in [6.07, 6.45) is 3.80. The van der Waals surface area contributed by atoms with Crippen molar-refractivity contribution in [3.8, 4) is 0 Å². The first kappa shape index (κ1) is 14.9. The Morgan fingerprint density at radius 3 is 2.19 bits per heavy atom. The van der Waals surface area contributed by atoms with Crippen LogP contribution in [-0.2, 0) is 9.59 Å². The third kappa shape index (κ3) is 6.43. The number of carbonyl (C=O) groups is 2. The highest BCUT2D eigenvalue weighted by molar-refractivity contribution is 5.70. The summed E-state index contributed by atoms with van der Waals surface area (Å²) in [5.74, 6) is -2.04. The fraction of sp³-hybridized carbons (Fsp3) is 0.833. The molecule has 4 nitrogen and oxygen atoms in total. The molecule has 0 saturated heterocycles. The van der Waals surface area contributed by atoms with Crippen molar-refractivity contribution in [2.75, 3.05) is 0 Å². The predicted molar refractivity (Wildman–Crippen MR) is 61.3 cm³/mol. The van der Waals surface area contributed by atoms with Gasteiger partial charge in [0.05, 0.1) is 5.92 Å². The molecular formula is C12H22O4. The van der Waals surface area contributed by atoms with E-state index in [-0.39, 0.29) is 18.3 Å². The van der Waals surface area contributed by atoms with Crippen molar-refractivity contribution in [1.82, 2.24) is 0 Å². The van der Waals surface area contributed by atoms with Gasteiger partial charge in [-0.05, 0) is 18.8 Å². The standard InChI is InChI=1S/C12H22O4/c1-3-5-6-10(12(15)16)7-9(4-2)8-11(13)14/h9-10H,3-8H2,1-2H3,(H,13,14)(H,15,16). The second kappa shape index (κ2) is 8.13. The van der Waals surface area contributed by atoms with Crippen molar-refractivity contribution < 1.29 is 19.8 Å². The van der Waals surface area contributed by atoms with Crippen LogP contribution in [0.4, 0.5) is 0 Å². The van der Waals surface area contributed by atoms with Crippen LogP contribution in [0, 0.1) is 11.8 Å². The molecule has 0 radical (unpaired) electrons. The highest BCUT2D eigenvalue weighted by atomic mass is 16.4. The zero-order chi connectivity index (χ0) is 12.6. The van der Waals surface area contributed by atoms with Gasteiger partial charge in [-0.15, -0.1) is 0 Å². The Morgan fingerprint density at radius 1 is 1.19 bits per heavy atom. The van der Waals surface area contributed by atoms with Crippen molar-refractivity contribution in [1.29, 1.82) is 0 Å². The van der Waals surface area contributed by atoms with Crippen molar-refractivity contribution in [2.24, 2.45) is 11.8 Å². The second-order valence-electron chi connectivity index (χ2n) is 4.29. The van der Waals surface area contributed by atoms with Gasteiger partial charge >= 0.3 is 11.9 Å². The number of rotatable bonds is 9. The van der Waals surface area contributed by atoms with Crippen LogP contribution in [0.5, 0.6) is 0 Å². The summed E-state index contributed by atoms with van der Waals surface area (Å²) < 4.78 is 0. The lowest BCUT2D eigenvalue weighted by atomic mass is 9.87. The molecule has 0 rings (SSSR count). The summed E-state index contributed by atoms with van der Waals surface area (Å²) in [6.45, 7) is 3.93. The van der Waals surface area contributed by atoms with Crippen LogP contribution in [0.25, 0.3) is 0 Å². The average Bonchev–Trinajstić information content (AvgIpc) is 2.21. The molecule has 2 N–H and O–H groups in total. The van der Waals surface area contributed by atoms with Gasteiger partial charge < -0.3 is 10.2 Å². The molecule has 0 heterocycles. The SMILES string of the molecule is CCCCC(CC(CC)CC(=O)O)C(=O)O. The summed E-state index contributed by atoms with van der Waals surface area (Å²) in [6, 6.07) is 0. The predicted octanol–water partition coefficient (Wildman–Crippen LogP) is 2.77. The Balaban J connectivity index is 4.22. The molecule has 0 amide bonds. The van der Waals surface area contributed by atoms with Crippen LogP contribution >= 0.6 is 0 Å². The van der Waals surface area contributed by atoms with Gasteiger partial charge in [0.1, 0.15) is 0 Å². The molecule has 16 heavy (non-hydrogen) atoms. The molecule has 0 saturated carbocycles. The number of carboxylic acid groups (broad SMARTS) is 2. The van der Waals surface area contributed by atoms with Crippen LogP contribution in [0.3, 0.4) is 0 Å². The third-order valence-corrected chi connectivity index (χ3v) is 2.91. The second-order valence-corrected chi connectivity index (χ2v) is 4.29. The first-order chi connectivity index (χ1) is 7.51. The Labute approximate surface area is 96.7 Å². The lowest BCUT2D eigenvalue weighted by molar-refractivity contribution is -0.144.